The molecule has 0 saturated heterocycles. The number of nitrogens with zero attached hydrogens (tertiary/aromatic N) is 1. The fourth-order valence-corrected chi connectivity index (χ4v) is 4.10. The maximum Gasteiger partial charge on any atom is 0.255 e. The first-order valence-electron chi connectivity index (χ1n) is 10.7. The average molecular weight is 580 g/mol. The molecule has 33 heavy (non-hydrogen) atoms. The predicted molar refractivity (Wildman–Crippen MR) is 142 cm³/mol. The Labute approximate surface area is 209 Å². The van der Waals surface area contributed by atoms with E-state index in [2.05, 4.69) is 42.2 Å². The molecule has 0 aliphatic heterocycles. The van der Waals surface area contributed by atoms with Crippen LogP contribution >= 0.6 is 22.6 Å². The highest BCUT2D eigenvalue weighted by Crippen LogP contribution is 2.29. The molecule has 8 heteroatoms. The van der Waals surface area contributed by atoms with Crippen LogP contribution in [-0.4, -0.2) is 33.2 Å². The second-order valence-corrected chi connectivity index (χ2v) is 15.7. The minimum atomic E-state index is -1.13. The number of benzene rings is 2. The molecule has 1 aromatic heterocycles. The van der Waals surface area contributed by atoms with Gasteiger partial charge in [0.2, 0.25) is 0 Å². The zero-order valence-corrected chi connectivity index (χ0v) is 22.6. The third kappa shape index (κ3) is 7.90. The lowest BCUT2D eigenvalue weighted by molar-refractivity contribution is 0.0205. The second kappa shape index (κ2) is 11.7. The molecule has 0 N–H and O–H groups in total. The molecular formula is C25H30INO5Si. The number of rotatable bonds is 11. The van der Waals surface area contributed by atoms with Crippen LogP contribution in [-0.2, 0) is 11.3 Å². The zero-order valence-electron chi connectivity index (χ0n) is 19.5. The topological polar surface area (TPSA) is 58.9 Å². The monoisotopic (exact) mass is 579 g/mol. The van der Waals surface area contributed by atoms with Gasteiger partial charge in [-0.15, -0.1) is 0 Å². The third-order valence-corrected chi connectivity index (χ3v) is 7.35. The lowest BCUT2D eigenvalue weighted by Gasteiger charge is -2.16. The molecule has 0 aliphatic carbocycles. The van der Waals surface area contributed by atoms with E-state index in [9.17, 15) is 4.79 Å². The van der Waals surface area contributed by atoms with E-state index in [1.165, 1.54) is 0 Å². The lowest BCUT2D eigenvalue weighted by atomic mass is 10.2. The Morgan fingerprint density at radius 3 is 2.36 bits per heavy atom. The van der Waals surface area contributed by atoms with E-state index < -0.39 is 8.07 Å². The Kier molecular flexibility index (Phi) is 8.99. The normalized spacial score (nSPS) is 11.3. The van der Waals surface area contributed by atoms with Gasteiger partial charge < -0.3 is 18.9 Å². The smallest absolute Gasteiger partial charge is 0.255 e. The van der Waals surface area contributed by atoms with Gasteiger partial charge in [-0.1, -0.05) is 19.6 Å². The van der Waals surface area contributed by atoms with Gasteiger partial charge in [-0.05, 0) is 76.7 Å². The minimum Gasteiger partial charge on any atom is -0.493 e. The molecule has 0 bridgehead atoms. The molecule has 2 aromatic carbocycles. The Bertz CT molecular complexity index is 1110. The second-order valence-electron chi connectivity index (χ2n) is 8.80. The maximum absolute atomic E-state index is 12.7. The van der Waals surface area contributed by atoms with Gasteiger partial charge in [-0.2, -0.15) is 0 Å². The molecule has 0 fully saturated rings. The summed E-state index contributed by atoms with van der Waals surface area (Å²) in [6.45, 7) is 8.10. The van der Waals surface area contributed by atoms with Crippen LogP contribution in [0.25, 0.3) is 5.69 Å². The summed E-state index contributed by atoms with van der Waals surface area (Å²) in [7, 11) is 0.446. The third-order valence-electron chi connectivity index (χ3n) is 4.92. The van der Waals surface area contributed by atoms with Crippen molar-refractivity contribution >= 4 is 30.7 Å². The molecular weight excluding hydrogens is 549 g/mol. The molecule has 0 aliphatic rings. The highest BCUT2D eigenvalue weighted by molar-refractivity contribution is 14.1. The fraction of sp³-hybridized carbons (Fsp3) is 0.320. The highest BCUT2D eigenvalue weighted by atomic mass is 127. The highest BCUT2D eigenvalue weighted by Gasteiger charge is 2.13. The largest absolute Gasteiger partial charge is 0.493 e. The van der Waals surface area contributed by atoms with E-state index >= 15 is 0 Å². The summed E-state index contributed by atoms with van der Waals surface area (Å²) in [5.41, 5.74) is 1.34. The van der Waals surface area contributed by atoms with Crippen molar-refractivity contribution in [3.05, 3.63) is 80.3 Å². The van der Waals surface area contributed by atoms with Crippen LogP contribution in [0.3, 0.4) is 0 Å². The molecule has 3 aromatic rings. The van der Waals surface area contributed by atoms with Crippen molar-refractivity contribution in [3.8, 4) is 22.9 Å². The summed E-state index contributed by atoms with van der Waals surface area (Å²) in [5, 5.41) is 0. The summed E-state index contributed by atoms with van der Waals surface area (Å²) >= 11 is 2.25. The Morgan fingerprint density at radius 1 is 0.939 bits per heavy atom. The molecule has 6 nitrogen and oxygen atoms in total. The Balaban J connectivity index is 1.63. The molecule has 176 valence electrons. The van der Waals surface area contributed by atoms with Crippen LogP contribution in [0.15, 0.2) is 65.6 Å². The molecule has 0 radical (unpaired) electrons. The summed E-state index contributed by atoms with van der Waals surface area (Å²) in [6, 6.07) is 17.7. The van der Waals surface area contributed by atoms with Crippen molar-refractivity contribution in [1.29, 1.82) is 0 Å². The lowest BCUT2D eigenvalue weighted by Crippen LogP contribution is -2.22. The van der Waals surface area contributed by atoms with E-state index in [4.69, 9.17) is 18.9 Å². The molecule has 1 heterocycles. The van der Waals surface area contributed by atoms with Crippen molar-refractivity contribution in [2.24, 2.45) is 0 Å². The molecule has 3 rings (SSSR count). The van der Waals surface area contributed by atoms with Crippen molar-refractivity contribution in [2.75, 3.05) is 20.5 Å². The first-order chi connectivity index (χ1) is 15.7. The summed E-state index contributed by atoms with van der Waals surface area (Å²) in [6.07, 6.45) is 1.74. The molecule has 0 saturated carbocycles. The van der Waals surface area contributed by atoms with Gasteiger partial charge in [0.05, 0.1) is 12.8 Å². The van der Waals surface area contributed by atoms with E-state index in [1.54, 1.807) is 36.1 Å². The van der Waals surface area contributed by atoms with Gasteiger partial charge in [0, 0.05) is 36.6 Å². The molecule has 0 spiro atoms. The van der Waals surface area contributed by atoms with Crippen LogP contribution < -0.4 is 19.8 Å². The van der Waals surface area contributed by atoms with Crippen LogP contribution in [0.2, 0.25) is 25.7 Å². The van der Waals surface area contributed by atoms with Gasteiger partial charge in [0.1, 0.15) is 12.4 Å². The van der Waals surface area contributed by atoms with Gasteiger partial charge in [0.25, 0.3) is 5.56 Å². The maximum atomic E-state index is 12.7. The Hall–Kier alpha value is -2.30. The average Bonchev–Trinajstić information content (AvgIpc) is 2.78. The Morgan fingerprint density at radius 2 is 1.70 bits per heavy atom. The van der Waals surface area contributed by atoms with Crippen LogP contribution in [0, 0.1) is 3.57 Å². The number of halogens is 1. The van der Waals surface area contributed by atoms with Crippen LogP contribution in [0.5, 0.6) is 17.2 Å². The fourth-order valence-electron chi connectivity index (χ4n) is 2.99. The van der Waals surface area contributed by atoms with E-state index in [-0.39, 0.29) is 12.4 Å². The van der Waals surface area contributed by atoms with E-state index in [0.717, 1.165) is 20.9 Å². The summed E-state index contributed by atoms with van der Waals surface area (Å²) in [5.74, 6) is 1.88. The molecule has 0 unspecified atom stereocenters. The quantitative estimate of drug-likeness (QED) is 0.126. The van der Waals surface area contributed by atoms with Crippen molar-refractivity contribution in [1.82, 2.24) is 4.57 Å². The number of pyridine rings is 1. The number of hydrogen-bond acceptors (Lipinski definition) is 5. The van der Waals surface area contributed by atoms with E-state index in [1.807, 2.05) is 36.4 Å². The van der Waals surface area contributed by atoms with Crippen LogP contribution in [0.1, 0.15) is 5.56 Å². The van der Waals surface area contributed by atoms with Gasteiger partial charge >= 0.3 is 0 Å². The van der Waals surface area contributed by atoms with Crippen molar-refractivity contribution in [2.45, 2.75) is 32.3 Å². The summed E-state index contributed by atoms with van der Waals surface area (Å²) < 4.78 is 25.3. The number of methoxy groups -OCH3 is 1. The molecule has 0 atom stereocenters. The van der Waals surface area contributed by atoms with Crippen molar-refractivity contribution in [3.63, 3.8) is 0 Å². The molecule has 0 amide bonds. The first-order valence-corrected chi connectivity index (χ1v) is 15.5. The van der Waals surface area contributed by atoms with Gasteiger partial charge in [-0.3, -0.25) is 9.36 Å². The zero-order chi connectivity index (χ0) is 23.8. The van der Waals surface area contributed by atoms with Gasteiger partial charge in [0.15, 0.2) is 18.3 Å². The van der Waals surface area contributed by atoms with Crippen LogP contribution in [0.4, 0.5) is 0 Å². The van der Waals surface area contributed by atoms with Gasteiger partial charge in [-0.25, -0.2) is 0 Å². The van der Waals surface area contributed by atoms with E-state index in [0.29, 0.717) is 30.4 Å². The van der Waals surface area contributed by atoms with Crippen molar-refractivity contribution < 1.29 is 18.9 Å². The SMILES string of the molecule is COc1cc(-n2ccc(COc3ccc(I)cc3)cc2=O)ccc1OCOCC[Si](C)(C)C. The number of ether oxygens (including phenoxy) is 4. The number of hydrogen-bond donors (Lipinski definition) is 0. The number of aromatic nitrogens is 1. The minimum absolute atomic E-state index is 0.149. The predicted octanol–water partition coefficient (Wildman–Crippen LogP) is 5.72. The first kappa shape index (κ1) is 25.3. The summed E-state index contributed by atoms with van der Waals surface area (Å²) in [4.78, 5) is 12.7. The standard InChI is InChI=1S/C25H30INO5Si/c1-29-24-16-21(7-10-23(24)32-18-30-13-14-33(2,3)4)27-12-11-19(15-25(27)28)17-31-22-8-5-20(26)6-9-22/h5-12,15-16H,13-14,17-18H2,1-4H3.